The zero-order valence-corrected chi connectivity index (χ0v) is 12.1. The first-order valence-electron chi connectivity index (χ1n) is 6.92. The molecule has 1 amide bonds. The highest BCUT2D eigenvalue weighted by Crippen LogP contribution is 2.34. The van der Waals surface area contributed by atoms with Crippen LogP contribution in [0, 0.1) is 0 Å². The van der Waals surface area contributed by atoms with Gasteiger partial charge in [0.1, 0.15) is 0 Å². The fraction of sp³-hybridized carbons (Fsp3) is 0.312. The molecular formula is C16H18N2OS. The van der Waals surface area contributed by atoms with Crippen LogP contribution in [0.2, 0.25) is 0 Å². The summed E-state index contributed by atoms with van der Waals surface area (Å²) in [6.45, 7) is 0.855. The molecule has 2 N–H and O–H groups in total. The number of hydrogen-bond donors (Lipinski definition) is 1. The molecule has 1 aliphatic heterocycles. The summed E-state index contributed by atoms with van der Waals surface area (Å²) in [5.41, 5.74) is 7.55. The molecule has 1 aromatic carbocycles. The van der Waals surface area contributed by atoms with Gasteiger partial charge in [-0.2, -0.15) is 0 Å². The molecule has 2 aromatic rings. The number of nitrogens with two attached hydrogens (primary N) is 1. The molecule has 0 bridgehead atoms. The second-order valence-corrected chi connectivity index (χ2v) is 6.12. The summed E-state index contributed by atoms with van der Waals surface area (Å²) in [5, 5.41) is 2.07. The van der Waals surface area contributed by atoms with Gasteiger partial charge in [-0.15, -0.1) is 11.3 Å². The molecule has 1 aliphatic rings. The second-order valence-electron chi connectivity index (χ2n) is 5.14. The lowest BCUT2D eigenvalue weighted by atomic mass is 10.1. The molecule has 0 spiro atoms. The van der Waals surface area contributed by atoms with Crippen molar-refractivity contribution >= 4 is 22.9 Å². The van der Waals surface area contributed by atoms with E-state index in [1.54, 1.807) is 11.3 Å². The maximum Gasteiger partial charge on any atom is 0.227 e. The van der Waals surface area contributed by atoms with Crippen LogP contribution in [0.1, 0.15) is 29.3 Å². The number of carbonyl (C=O) groups is 1. The zero-order valence-electron chi connectivity index (χ0n) is 11.3. The fourth-order valence-electron chi connectivity index (χ4n) is 2.80. The topological polar surface area (TPSA) is 46.3 Å². The number of anilines is 1. The van der Waals surface area contributed by atoms with Crippen LogP contribution in [0.5, 0.6) is 0 Å². The smallest absolute Gasteiger partial charge is 0.227 e. The van der Waals surface area contributed by atoms with E-state index in [2.05, 4.69) is 17.5 Å². The SMILES string of the molecule is Nc1ccccc1CC(=O)N1CCCC1c1cccs1. The summed E-state index contributed by atoms with van der Waals surface area (Å²) in [4.78, 5) is 15.8. The molecule has 4 heteroatoms. The molecule has 0 radical (unpaired) electrons. The molecule has 1 fully saturated rings. The normalized spacial score (nSPS) is 18.4. The average Bonchev–Trinajstić information content (AvgIpc) is 3.11. The Morgan fingerprint density at radius 1 is 1.30 bits per heavy atom. The second kappa shape index (κ2) is 5.67. The zero-order chi connectivity index (χ0) is 13.9. The number of likely N-dealkylation sites (tertiary alicyclic amines) is 1. The third-order valence-electron chi connectivity index (χ3n) is 3.84. The van der Waals surface area contributed by atoms with Crippen molar-refractivity contribution in [2.75, 3.05) is 12.3 Å². The largest absolute Gasteiger partial charge is 0.398 e. The van der Waals surface area contributed by atoms with Crippen LogP contribution < -0.4 is 5.73 Å². The lowest BCUT2D eigenvalue weighted by molar-refractivity contribution is -0.131. The highest BCUT2D eigenvalue weighted by molar-refractivity contribution is 7.10. The van der Waals surface area contributed by atoms with Crippen molar-refractivity contribution in [2.45, 2.75) is 25.3 Å². The molecule has 104 valence electrons. The Morgan fingerprint density at radius 3 is 2.90 bits per heavy atom. The van der Waals surface area contributed by atoms with E-state index in [0.717, 1.165) is 24.9 Å². The number of rotatable bonds is 3. The maximum atomic E-state index is 12.5. The Kier molecular flexibility index (Phi) is 3.74. The lowest BCUT2D eigenvalue weighted by Crippen LogP contribution is -2.31. The standard InChI is InChI=1S/C16H18N2OS/c17-13-6-2-1-5-12(13)11-16(19)18-9-3-7-14(18)15-8-4-10-20-15/h1-2,4-6,8,10,14H,3,7,9,11,17H2. The van der Waals surface area contributed by atoms with Gasteiger partial charge in [0.25, 0.3) is 0 Å². The minimum atomic E-state index is 0.179. The predicted molar refractivity (Wildman–Crippen MR) is 82.6 cm³/mol. The molecule has 0 saturated carbocycles. The first-order valence-corrected chi connectivity index (χ1v) is 7.80. The Morgan fingerprint density at radius 2 is 2.15 bits per heavy atom. The number of amides is 1. The van der Waals surface area contributed by atoms with Crippen molar-refractivity contribution in [1.82, 2.24) is 4.90 Å². The number of benzene rings is 1. The summed E-state index contributed by atoms with van der Waals surface area (Å²) >= 11 is 1.73. The van der Waals surface area contributed by atoms with Gasteiger partial charge in [-0.05, 0) is 35.9 Å². The molecule has 1 saturated heterocycles. The van der Waals surface area contributed by atoms with Crippen molar-refractivity contribution in [3.05, 3.63) is 52.2 Å². The summed E-state index contributed by atoms with van der Waals surface area (Å²) < 4.78 is 0. The van der Waals surface area contributed by atoms with Gasteiger partial charge in [-0.25, -0.2) is 0 Å². The van der Waals surface area contributed by atoms with E-state index in [4.69, 9.17) is 5.73 Å². The fourth-order valence-corrected chi connectivity index (χ4v) is 3.68. The molecule has 20 heavy (non-hydrogen) atoms. The van der Waals surface area contributed by atoms with Crippen LogP contribution in [0.25, 0.3) is 0 Å². The van der Waals surface area contributed by atoms with Gasteiger partial charge in [0.15, 0.2) is 0 Å². The van der Waals surface area contributed by atoms with Gasteiger partial charge < -0.3 is 10.6 Å². The number of para-hydroxylation sites is 1. The van der Waals surface area contributed by atoms with Crippen LogP contribution >= 0.6 is 11.3 Å². The molecule has 1 aromatic heterocycles. The van der Waals surface area contributed by atoms with Gasteiger partial charge in [-0.1, -0.05) is 24.3 Å². The van der Waals surface area contributed by atoms with Crippen LogP contribution in [0.4, 0.5) is 5.69 Å². The van der Waals surface area contributed by atoms with E-state index in [9.17, 15) is 4.79 Å². The number of nitrogen functional groups attached to an aromatic ring is 1. The van der Waals surface area contributed by atoms with E-state index < -0.39 is 0 Å². The minimum Gasteiger partial charge on any atom is -0.398 e. The van der Waals surface area contributed by atoms with Crippen LogP contribution in [-0.4, -0.2) is 17.4 Å². The summed E-state index contributed by atoms with van der Waals surface area (Å²) in [6, 6.07) is 12.0. The summed E-state index contributed by atoms with van der Waals surface area (Å²) in [6.07, 6.45) is 2.55. The predicted octanol–water partition coefficient (Wildman–Crippen LogP) is 3.24. The quantitative estimate of drug-likeness (QED) is 0.880. The van der Waals surface area contributed by atoms with Crippen molar-refractivity contribution in [3.63, 3.8) is 0 Å². The summed E-state index contributed by atoms with van der Waals surface area (Å²) in [7, 11) is 0. The van der Waals surface area contributed by atoms with E-state index in [1.807, 2.05) is 29.2 Å². The first-order chi connectivity index (χ1) is 9.75. The van der Waals surface area contributed by atoms with Crippen LogP contribution in [0.3, 0.4) is 0 Å². The minimum absolute atomic E-state index is 0.179. The number of carbonyl (C=O) groups excluding carboxylic acids is 1. The Labute approximate surface area is 123 Å². The highest BCUT2D eigenvalue weighted by atomic mass is 32.1. The van der Waals surface area contributed by atoms with Crippen LogP contribution in [-0.2, 0) is 11.2 Å². The van der Waals surface area contributed by atoms with E-state index in [1.165, 1.54) is 4.88 Å². The third-order valence-corrected chi connectivity index (χ3v) is 4.82. The van der Waals surface area contributed by atoms with Gasteiger partial charge in [0, 0.05) is 17.1 Å². The van der Waals surface area contributed by atoms with E-state index >= 15 is 0 Å². The molecule has 0 aliphatic carbocycles. The molecule has 2 heterocycles. The monoisotopic (exact) mass is 286 g/mol. The van der Waals surface area contributed by atoms with E-state index in [0.29, 0.717) is 12.1 Å². The molecular weight excluding hydrogens is 268 g/mol. The molecule has 1 atom stereocenters. The highest BCUT2D eigenvalue weighted by Gasteiger charge is 2.30. The Hall–Kier alpha value is -1.81. The Balaban J connectivity index is 1.75. The van der Waals surface area contributed by atoms with E-state index in [-0.39, 0.29) is 11.9 Å². The van der Waals surface area contributed by atoms with Gasteiger partial charge >= 0.3 is 0 Å². The summed E-state index contributed by atoms with van der Waals surface area (Å²) in [5.74, 6) is 0.179. The average molecular weight is 286 g/mol. The van der Waals surface area contributed by atoms with Crippen molar-refractivity contribution in [1.29, 1.82) is 0 Å². The van der Waals surface area contributed by atoms with Gasteiger partial charge in [0.05, 0.1) is 12.5 Å². The van der Waals surface area contributed by atoms with Crippen LogP contribution in [0.15, 0.2) is 41.8 Å². The van der Waals surface area contributed by atoms with Gasteiger partial charge in [0.2, 0.25) is 5.91 Å². The van der Waals surface area contributed by atoms with Crippen molar-refractivity contribution in [3.8, 4) is 0 Å². The number of hydrogen-bond acceptors (Lipinski definition) is 3. The molecule has 1 unspecified atom stereocenters. The molecule has 3 nitrogen and oxygen atoms in total. The van der Waals surface area contributed by atoms with Crippen molar-refractivity contribution in [2.24, 2.45) is 0 Å². The maximum absolute atomic E-state index is 12.5. The number of nitrogens with zero attached hydrogens (tertiary/aromatic N) is 1. The third kappa shape index (κ3) is 2.56. The molecule has 3 rings (SSSR count). The lowest BCUT2D eigenvalue weighted by Gasteiger charge is -2.24. The van der Waals surface area contributed by atoms with Crippen molar-refractivity contribution < 1.29 is 4.79 Å². The Bertz CT molecular complexity index is 594. The first kappa shape index (κ1) is 13.2. The number of thiophene rings is 1. The van der Waals surface area contributed by atoms with Gasteiger partial charge in [-0.3, -0.25) is 4.79 Å².